The van der Waals surface area contributed by atoms with E-state index in [0.717, 1.165) is 6.07 Å². The molecular formula is C20H18FN3O5S. The van der Waals surface area contributed by atoms with E-state index in [1.54, 1.807) is 26.0 Å². The van der Waals surface area contributed by atoms with E-state index in [1.165, 1.54) is 36.5 Å². The lowest BCUT2D eigenvalue weighted by Crippen LogP contribution is -2.24. The lowest BCUT2D eigenvalue weighted by atomic mass is 10.1. The number of nitrogens with zero attached hydrogens (tertiary/aromatic N) is 2. The zero-order valence-electron chi connectivity index (χ0n) is 16.1. The van der Waals surface area contributed by atoms with Crippen LogP contribution in [0.5, 0.6) is 11.6 Å². The minimum absolute atomic E-state index is 0.0727. The van der Waals surface area contributed by atoms with Gasteiger partial charge in [0.25, 0.3) is 5.69 Å². The van der Waals surface area contributed by atoms with Crippen LogP contribution in [-0.2, 0) is 16.6 Å². The van der Waals surface area contributed by atoms with Crippen LogP contribution in [0.4, 0.5) is 10.1 Å². The number of rotatable bonds is 7. The molecule has 3 aromatic rings. The molecule has 3 rings (SSSR count). The molecule has 30 heavy (non-hydrogen) atoms. The fourth-order valence-corrected chi connectivity index (χ4v) is 4.03. The monoisotopic (exact) mass is 431 g/mol. The molecule has 1 heterocycles. The van der Waals surface area contributed by atoms with Crippen LogP contribution >= 0.6 is 0 Å². The highest BCUT2D eigenvalue weighted by atomic mass is 32.2. The molecule has 0 bridgehead atoms. The van der Waals surface area contributed by atoms with E-state index < -0.39 is 20.8 Å². The van der Waals surface area contributed by atoms with Crippen LogP contribution in [0.1, 0.15) is 16.7 Å². The van der Waals surface area contributed by atoms with Gasteiger partial charge in [0.1, 0.15) is 11.6 Å². The Balaban J connectivity index is 1.73. The Morgan fingerprint density at radius 2 is 1.93 bits per heavy atom. The molecule has 0 radical (unpaired) electrons. The Kier molecular flexibility index (Phi) is 6.09. The topological polar surface area (TPSA) is 111 Å². The van der Waals surface area contributed by atoms with E-state index in [1.807, 2.05) is 0 Å². The largest absolute Gasteiger partial charge is 0.439 e. The molecule has 156 valence electrons. The molecule has 0 aliphatic carbocycles. The number of sulfonamides is 1. The van der Waals surface area contributed by atoms with E-state index in [9.17, 15) is 22.9 Å². The molecule has 0 unspecified atom stereocenters. The third kappa shape index (κ3) is 4.97. The van der Waals surface area contributed by atoms with Crippen LogP contribution in [0.25, 0.3) is 0 Å². The number of benzene rings is 2. The fraction of sp³-hybridized carbons (Fsp3) is 0.150. The third-order valence-corrected chi connectivity index (χ3v) is 5.91. The number of aryl methyl sites for hydroxylation is 1. The van der Waals surface area contributed by atoms with E-state index in [-0.39, 0.29) is 28.8 Å². The second-order valence-electron chi connectivity index (χ2n) is 6.53. The number of nitrogens with one attached hydrogen (secondary N) is 1. The van der Waals surface area contributed by atoms with Crippen molar-refractivity contribution in [1.29, 1.82) is 0 Å². The smallest absolute Gasteiger partial charge is 0.271 e. The van der Waals surface area contributed by atoms with Crippen LogP contribution in [0.2, 0.25) is 0 Å². The number of aromatic nitrogens is 1. The molecule has 0 atom stereocenters. The van der Waals surface area contributed by atoms with Gasteiger partial charge in [-0.3, -0.25) is 10.1 Å². The maximum absolute atomic E-state index is 13.2. The number of pyridine rings is 1. The Labute approximate surface area is 172 Å². The first-order valence-electron chi connectivity index (χ1n) is 8.79. The molecule has 0 saturated heterocycles. The molecule has 0 aliphatic heterocycles. The lowest BCUT2D eigenvalue weighted by molar-refractivity contribution is -0.385. The average Bonchev–Trinajstić information content (AvgIpc) is 2.69. The molecule has 2 aromatic carbocycles. The fourth-order valence-electron chi connectivity index (χ4n) is 2.68. The number of hydrogen-bond acceptors (Lipinski definition) is 6. The Hall–Kier alpha value is -3.37. The van der Waals surface area contributed by atoms with Crippen molar-refractivity contribution in [2.75, 3.05) is 0 Å². The number of hydrogen-bond donors (Lipinski definition) is 1. The summed E-state index contributed by atoms with van der Waals surface area (Å²) in [7, 11) is -3.99. The highest BCUT2D eigenvalue weighted by Gasteiger charge is 2.22. The molecular weight excluding hydrogens is 413 g/mol. The summed E-state index contributed by atoms with van der Waals surface area (Å²) < 4.78 is 46.4. The third-order valence-electron chi connectivity index (χ3n) is 4.39. The van der Waals surface area contributed by atoms with E-state index in [2.05, 4.69) is 9.71 Å². The maximum Gasteiger partial charge on any atom is 0.271 e. The van der Waals surface area contributed by atoms with E-state index in [0.29, 0.717) is 16.7 Å². The molecule has 0 saturated carbocycles. The zero-order chi connectivity index (χ0) is 21.9. The zero-order valence-corrected chi connectivity index (χ0v) is 16.9. The van der Waals surface area contributed by atoms with Gasteiger partial charge in [0.05, 0.1) is 9.82 Å². The minimum atomic E-state index is -3.99. The number of halogens is 1. The van der Waals surface area contributed by atoms with Gasteiger partial charge in [0.15, 0.2) is 0 Å². The second-order valence-corrected chi connectivity index (χ2v) is 8.27. The van der Waals surface area contributed by atoms with Gasteiger partial charge in [-0.2, -0.15) is 0 Å². The normalized spacial score (nSPS) is 11.3. The van der Waals surface area contributed by atoms with Gasteiger partial charge in [-0.05, 0) is 42.7 Å². The predicted octanol–water partition coefficient (Wildman–Crippen LogP) is 4.02. The van der Waals surface area contributed by atoms with Gasteiger partial charge in [0, 0.05) is 37.0 Å². The van der Waals surface area contributed by atoms with Crippen LogP contribution in [-0.4, -0.2) is 18.3 Å². The number of nitro benzene ring substituents is 1. The van der Waals surface area contributed by atoms with E-state index >= 15 is 0 Å². The quantitative estimate of drug-likeness (QED) is 0.447. The van der Waals surface area contributed by atoms with Gasteiger partial charge >= 0.3 is 0 Å². The molecule has 1 N–H and O–H groups in total. The summed E-state index contributed by atoms with van der Waals surface area (Å²) >= 11 is 0. The van der Waals surface area contributed by atoms with Crippen LogP contribution in [0.15, 0.2) is 59.6 Å². The Bertz CT molecular complexity index is 1200. The summed E-state index contributed by atoms with van der Waals surface area (Å²) in [6.45, 7) is 3.13. The first-order chi connectivity index (χ1) is 14.2. The lowest BCUT2D eigenvalue weighted by Gasteiger charge is -2.11. The average molecular weight is 431 g/mol. The van der Waals surface area contributed by atoms with Crippen molar-refractivity contribution in [3.05, 3.63) is 87.3 Å². The highest BCUT2D eigenvalue weighted by Crippen LogP contribution is 2.25. The molecule has 0 fully saturated rings. The van der Waals surface area contributed by atoms with Crippen LogP contribution in [0.3, 0.4) is 0 Å². The van der Waals surface area contributed by atoms with Gasteiger partial charge in [-0.15, -0.1) is 0 Å². The Morgan fingerprint density at radius 1 is 1.17 bits per heavy atom. The second kappa shape index (κ2) is 8.56. The van der Waals surface area contributed by atoms with Gasteiger partial charge in [-0.25, -0.2) is 22.5 Å². The molecule has 0 amide bonds. The van der Waals surface area contributed by atoms with Crippen molar-refractivity contribution < 1.29 is 22.5 Å². The summed E-state index contributed by atoms with van der Waals surface area (Å²) in [6.07, 6.45) is 1.42. The van der Waals surface area contributed by atoms with Crippen LogP contribution in [0, 0.1) is 29.8 Å². The summed E-state index contributed by atoms with van der Waals surface area (Å²) in [6, 6.07) is 11.1. The van der Waals surface area contributed by atoms with Gasteiger partial charge < -0.3 is 4.74 Å². The van der Waals surface area contributed by atoms with Gasteiger partial charge in [0.2, 0.25) is 15.9 Å². The number of ether oxygens (including phenoxy) is 1. The molecule has 8 nitrogen and oxygen atoms in total. The van der Waals surface area contributed by atoms with Crippen molar-refractivity contribution >= 4 is 15.7 Å². The first-order valence-corrected chi connectivity index (χ1v) is 10.3. The van der Waals surface area contributed by atoms with Crippen molar-refractivity contribution in [3.8, 4) is 11.6 Å². The predicted molar refractivity (Wildman–Crippen MR) is 107 cm³/mol. The molecule has 0 aliphatic rings. The molecule has 1 aromatic heterocycles. The van der Waals surface area contributed by atoms with Crippen molar-refractivity contribution in [1.82, 2.24) is 9.71 Å². The number of non-ortho nitro benzene ring substituents is 1. The minimum Gasteiger partial charge on any atom is -0.439 e. The van der Waals surface area contributed by atoms with Gasteiger partial charge in [-0.1, -0.05) is 12.1 Å². The molecule has 10 heteroatoms. The van der Waals surface area contributed by atoms with Crippen molar-refractivity contribution in [2.45, 2.75) is 25.3 Å². The van der Waals surface area contributed by atoms with E-state index in [4.69, 9.17) is 4.74 Å². The first kappa shape index (κ1) is 21.3. The SMILES string of the molecule is Cc1cc([N+](=O)[O-])cc(S(=O)(=O)NCc2ccc(Oc3cccc(F)c3)nc2)c1C. The number of nitro groups is 1. The highest BCUT2D eigenvalue weighted by molar-refractivity contribution is 7.89. The molecule has 0 spiro atoms. The van der Waals surface area contributed by atoms with Crippen LogP contribution < -0.4 is 9.46 Å². The summed E-state index contributed by atoms with van der Waals surface area (Å²) in [5.74, 6) is 0.0648. The standard InChI is InChI=1S/C20H18FN3O5S/c1-13-8-17(24(25)26)10-19(14(13)2)30(27,28)23-12-15-6-7-20(22-11-15)29-18-5-3-4-16(21)9-18/h3-11,23H,12H2,1-2H3. The van der Waals surface area contributed by atoms with Crippen molar-refractivity contribution in [3.63, 3.8) is 0 Å². The summed E-state index contributed by atoms with van der Waals surface area (Å²) in [5.41, 5.74) is 1.19. The Morgan fingerprint density at radius 3 is 2.57 bits per heavy atom. The maximum atomic E-state index is 13.2. The summed E-state index contributed by atoms with van der Waals surface area (Å²) in [5, 5.41) is 11.1. The summed E-state index contributed by atoms with van der Waals surface area (Å²) in [4.78, 5) is 14.4. The van der Waals surface area contributed by atoms with Crippen molar-refractivity contribution in [2.24, 2.45) is 0 Å².